The number of esters is 1. The van der Waals surface area contributed by atoms with Gasteiger partial charge in [-0.15, -0.1) is 0 Å². The fraction of sp³-hybridized carbons (Fsp3) is 0.826. The Hall–Kier alpha value is -1.92. The molecule has 0 heterocycles. The highest BCUT2D eigenvalue weighted by molar-refractivity contribution is 5.76. The van der Waals surface area contributed by atoms with Crippen molar-refractivity contribution in [2.75, 3.05) is 13.2 Å². The molecule has 0 fully saturated rings. The average Bonchev–Trinajstić information content (AvgIpc) is 3.14. The van der Waals surface area contributed by atoms with E-state index in [0.29, 0.717) is 19.4 Å². The van der Waals surface area contributed by atoms with Crippen molar-refractivity contribution < 1.29 is 24.5 Å². The van der Waals surface area contributed by atoms with Crippen LogP contribution in [0.1, 0.15) is 219 Å². The van der Waals surface area contributed by atoms with Gasteiger partial charge in [-0.25, -0.2) is 0 Å². The third kappa shape index (κ3) is 37.8. The monoisotopic (exact) mass is 732 g/mol. The smallest absolute Gasteiger partial charge is 0.305 e. The summed E-state index contributed by atoms with van der Waals surface area (Å²) in [6.45, 7) is 4.79. The lowest BCUT2D eigenvalue weighted by atomic mass is 10.1. The molecule has 0 aromatic heterocycles. The first-order chi connectivity index (χ1) is 25.5. The van der Waals surface area contributed by atoms with E-state index in [1.165, 1.54) is 122 Å². The largest absolute Gasteiger partial charge is 0.466 e. The molecule has 6 heteroatoms. The van der Waals surface area contributed by atoms with Crippen LogP contribution >= 0.6 is 0 Å². The van der Waals surface area contributed by atoms with Gasteiger partial charge in [-0.1, -0.05) is 159 Å². The van der Waals surface area contributed by atoms with E-state index in [-0.39, 0.29) is 18.5 Å². The van der Waals surface area contributed by atoms with E-state index in [4.69, 9.17) is 4.74 Å². The zero-order valence-corrected chi connectivity index (χ0v) is 34.3. The van der Waals surface area contributed by atoms with Crippen molar-refractivity contribution in [2.45, 2.75) is 231 Å². The number of hydrogen-bond donors (Lipinski definition) is 3. The molecular weight excluding hydrogens is 647 g/mol. The number of hydrogen-bond acceptors (Lipinski definition) is 5. The molecule has 0 aliphatic carbocycles. The minimum absolute atomic E-state index is 0.0249. The minimum atomic E-state index is -0.859. The van der Waals surface area contributed by atoms with E-state index in [0.717, 1.165) is 70.6 Å². The molecule has 0 spiro atoms. The Labute approximate surface area is 322 Å². The minimum Gasteiger partial charge on any atom is -0.466 e. The summed E-state index contributed by atoms with van der Waals surface area (Å²) < 4.78 is 5.43. The van der Waals surface area contributed by atoms with Crippen LogP contribution < -0.4 is 5.32 Å². The number of aliphatic hydroxyl groups excluding tert-OH is 2. The van der Waals surface area contributed by atoms with Gasteiger partial charge in [-0.3, -0.25) is 9.59 Å². The maximum atomic E-state index is 12.3. The van der Waals surface area contributed by atoms with Crippen LogP contribution in [-0.2, 0) is 14.3 Å². The summed E-state index contributed by atoms with van der Waals surface area (Å²) in [5.74, 6) is -0.128. The second kappa shape index (κ2) is 41.8. The number of allylic oxidation sites excluding steroid dienone is 5. The zero-order chi connectivity index (χ0) is 38.0. The quantitative estimate of drug-likeness (QED) is 0.0331. The molecule has 0 radical (unpaired) electrons. The Morgan fingerprint density at radius 1 is 0.519 bits per heavy atom. The standard InChI is InChI=1S/C46H85NO5/c1-3-5-7-9-11-13-14-16-20-24-28-32-36-40-46(51)52-41-37-33-29-25-21-18-15-17-19-23-27-31-35-39-45(50)47-43(42-48)44(49)38-34-30-26-22-12-10-8-6-4-2/h13-14,17,19,34,38,43-44,48-49H,3-12,15-16,18,20-33,35-37,39-42H2,1-2H3,(H,47,50)/b14-13-,19-17-,38-34+. The number of rotatable bonds is 40. The van der Waals surface area contributed by atoms with Gasteiger partial charge in [0.1, 0.15) is 0 Å². The second-order valence-corrected chi connectivity index (χ2v) is 15.0. The predicted octanol–water partition coefficient (Wildman–Crippen LogP) is 12.6. The van der Waals surface area contributed by atoms with E-state index < -0.39 is 12.1 Å². The number of carbonyl (C=O) groups excluding carboxylic acids is 2. The molecular formula is C46H85NO5. The molecule has 0 rings (SSSR count). The Morgan fingerprint density at radius 3 is 1.40 bits per heavy atom. The molecule has 0 saturated carbocycles. The highest BCUT2D eigenvalue weighted by atomic mass is 16.5. The highest BCUT2D eigenvalue weighted by Crippen LogP contribution is 2.13. The Kier molecular flexibility index (Phi) is 40.3. The third-order valence-electron chi connectivity index (χ3n) is 9.88. The first-order valence-corrected chi connectivity index (χ1v) is 22.3. The predicted molar refractivity (Wildman–Crippen MR) is 222 cm³/mol. The summed E-state index contributed by atoms with van der Waals surface area (Å²) in [6, 6.07) is -0.646. The van der Waals surface area contributed by atoms with Crippen LogP contribution in [0.3, 0.4) is 0 Å². The van der Waals surface area contributed by atoms with Crippen molar-refractivity contribution >= 4 is 11.9 Å². The Bertz CT molecular complexity index is 854. The second-order valence-electron chi connectivity index (χ2n) is 15.0. The number of amides is 1. The Balaban J connectivity index is 3.53. The third-order valence-corrected chi connectivity index (χ3v) is 9.88. The first-order valence-electron chi connectivity index (χ1n) is 22.3. The van der Waals surface area contributed by atoms with Gasteiger partial charge in [0.15, 0.2) is 0 Å². The molecule has 0 aromatic rings. The molecule has 0 aliphatic heterocycles. The molecule has 0 bridgehead atoms. The van der Waals surface area contributed by atoms with Crippen molar-refractivity contribution in [1.82, 2.24) is 5.32 Å². The van der Waals surface area contributed by atoms with Gasteiger partial charge >= 0.3 is 5.97 Å². The van der Waals surface area contributed by atoms with E-state index in [9.17, 15) is 19.8 Å². The molecule has 0 aromatic carbocycles. The Morgan fingerprint density at radius 2 is 0.904 bits per heavy atom. The van der Waals surface area contributed by atoms with E-state index in [2.05, 4.69) is 43.5 Å². The van der Waals surface area contributed by atoms with Crippen molar-refractivity contribution in [1.29, 1.82) is 0 Å². The van der Waals surface area contributed by atoms with Gasteiger partial charge in [0, 0.05) is 12.8 Å². The van der Waals surface area contributed by atoms with Crippen LogP contribution in [0.2, 0.25) is 0 Å². The molecule has 3 N–H and O–H groups in total. The lowest BCUT2D eigenvalue weighted by molar-refractivity contribution is -0.143. The van der Waals surface area contributed by atoms with E-state index >= 15 is 0 Å². The molecule has 6 nitrogen and oxygen atoms in total. The fourth-order valence-corrected chi connectivity index (χ4v) is 6.38. The summed E-state index contributed by atoms with van der Waals surface area (Å²) in [7, 11) is 0. The molecule has 0 aliphatic rings. The maximum Gasteiger partial charge on any atom is 0.305 e. The molecule has 304 valence electrons. The van der Waals surface area contributed by atoms with Crippen molar-refractivity contribution in [3.8, 4) is 0 Å². The van der Waals surface area contributed by atoms with Crippen LogP contribution in [0.4, 0.5) is 0 Å². The SMILES string of the molecule is CCCCCC/C=C\CCCCCCCC(=O)OCCCCCCCC/C=C\CCCCCC(=O)NC(CO)C(O)/C=C/CCCCCCCCC. The zero-order valence-electron chi connectivity index (χ0n) is 34.3. The van der Waals surface area contributed by atoms with Crippen molar-refractivity contribution in [3.05, 3.63) is 36.5 Å². The van der Waals surface area contributed by atoms with Crippen LogP contribution in [-0.4, -0.2) is 47.4 Å². The lowest BCUT2D eigenvalue weighted by Gasteiger charge is -2.19. The van der Waals surface area contributed by atoms with Crippen LogP contribution in [0.15, 0.2) is 36.5 Å². The van der Waals surface area contributed by atoms with Crippen LogP contribution in [0.5, 0.6) is 0 Å². The van der Waals surface area contributed by atoms with Crippen LogP contribution in [0, 0.1) is 0 Å². The van der Waals surface area contributed by atoms with Gasteiger partial charge in [0.2, 0.25) is 5.91 Å². The first kappa shape index (κ1) is 50.1. The summed E-state index contributed by atoms with van der Waals surface area (Å²) in [6.07, 6.45) is 48.5. The molecule has 2 atom stereocenters. The average molecular weight is 732 g/mol. The molecule has 2 unspecified atom stereocenters. The summed E-state index contributed by atoms with van der Waals surface area (Å²) in [5.41, 5.74) is 0. The molecule has 1 amide bonds. The van der Waals surface area contributed by atoms with Gasteiger partial charge in [0.05, 0.1) is 25.4 Å². The number of nitrogens with one attached hydrogen (secondary N) is 1. The van der Waals surface area contributed by atoms with Gasteiger partial charge < -0.3 is 20.3 Å². The normalized spacial score (nSPS) is 13.1. The molecule has 0 saturated heterocycles. The highest BCUT2D eigenvalue weighted by Gasteiger charge is 2.17. The van der Waals surface area contributed by atoms with E-state index in [1.807, 2.05) is 6.08 Å². The van der Waals surface area contributed by atoms with Gasteiger partial charge in [-0.05, 0) is 83.5 Å². The van der Waals surface area contributed by atoms with Crippen molar-refractivity contribution in [3.63, 3.8) is 0 Å². The summed E-state index contributed by atoms with van der Waals surface area (Å²) in [4.78, 5) is 24.3. The summed E-state index contributed by atoms with van der Waals surface area (Å²) >= 11 is 0. The molecule has 52 heavy (non-hydrogen) atoms. The number of carbonyl (C=O) groups is 2. The summed E-state index contributed by atoms with van der Waals surface area (Å²) in [5, 5.41) is 22.8. The van der Waals surface area contributed by atoms with Crippen molar-refractivity contribution in [2.24, 2.45) is 0 Å². The van der Waals surface area contributed by atoms with E-state index in [1.54, 1.807) is 6.08 Å². The maximum absolute atomic E-state index is 12.3. The van der Waals surface area contributed by atoms with Crippen LogP contribution in [0.25, 0.3) is 0 Å². The lowest BCUT2D eigenvalue weighted by Crippen LogP contribution is -2.45. The fourth-order valence-electron chi connectivity index (χ4n) is 6.38. The topological polar surface area (TPSA) is 95.9 Å². The number of aliphatic hydroxyl groups is 2. The van der Waals surface area contributed by atoms with Gasteiger partial charge in [0.25, 0.3) is 0 Å². The number of unbranched alkanes of at least 4 members (excludes halogenated alkanes) is 25. The number of ether oxygens (including phenoxy) is 1. The van der Waals surface area contributed by atoms with Gasteiger partial charge in [-0.2, -0.15) is 0 Å².